The van der Waals surface area contributed by atoms with E-state index in [1.807, 2.05) is 19.1 Å². The van der Waals surface area contributed by atoms with Crippen LogP contribution in [-0.4, -0.2) is 23.0 Å². The number of aryl methyl sites for hydroxylation is 1. The maximum Gasteiger partial charge on any atom is 0.308 e. The Hall–Kier alpha value is -1.62. The molecule has 1 amide bonds. The maximum atomic E-state index is 11.8. The molecule has 1 aliphatic rings. The highest BCUT2D eigenvalue weighted by atomic mass is 32.1. The molecule has 4 nitrogen and oxygen atoms in total. The van der Waals surface area contributed by atoms with Gasteiger partial charge in [0.2, 0.25) is 5.91 Å². The molecule has 1 aliphatic carbocycles. The molecule has 0 aliphatic heterocycles. The fraction of sp³-hybridized carbons (Fsp3) is 0.429. The summed E-state index contributed by atoms with van der Waals surface area (Å²) >= 11 is 1.62. The van der Waals surface area contributed by atoms with Gasteiger partial charge in [0.1, 0.15) is 0 Å². The van der Waals surface area contributed by atoms with Crippen LogP contribution in [0.5, 0.6) is 0 Å². The first-order valence-electron chi connectivity index (χ1n) is 6.34. The molecule has 1 heterocycles. The van der Waals surface area contributed by atoms with E-state index in [1.165, 1.54) is 11.0 Å². The predicted molar refractivity (Wildman–Crippen MR) is 75.0 cm³/mol. The lowest BCUT2D eigenvalue weighted by molar-refractivity contribution is -0.142. The largest absolute Gasteiger partial charge is 0.481 e. The molecule has 2 unspecified atom stereocenters. The molecule has 5 heteroatoms. The molecule has 0 radical (unpaired) electrons. The van der Waals surface area contributed by atoms with Crippen LogP contribution in [0.15, 0.2) is 18.2 Å². The Balaban J connectivity index is 1.90. The number of carbonyl (C=O) groups is 2. The predicted octanol–water partition coefficient (Wildman–Crippen LogP) is 2.44. The molecule has 0 spiro atoms. The van der Waals surface area contributed by atoms with Crippen LogP contribution in [-0.2, 0) is 9.59 Å². The lowest BCUT2D eigenvalue weighted by Crippen LogP contribution is -2.39. The number of hydrogen-bond acceptors (Lipinski definition) is 3. The molecular weight excluding hydrogens is 262 g/mol. The zero-order valence-corrected chi connectivity index (χ0v) is 11.6. The van der Waals surface area contributed by atoms with Crippen LogP contribution in [0.1, 0.15) is 29.0 Å². The minimum atomic E-state index is -0.819. The monoisotopic (exact) mass is 279 g/mol. The summed E-state index contributed by atoms with van der Waals surface area (Å²) in [5.74, 6) is -1.48. The van der Waals surface area contributed by atoms with Crippen LogP contribution in [0.25, 0.3) is 6.08 Å². The first-order valence-corrected chi connectivity index (χ1v) is 7.16. The highest BCUT2D eigenvalue weighted by Gasteiger charge is 2.33. The standard InChI is InChI=1S/C14H17NO3S/c1-9-5-6-10(19-9)7-8-13(16)15-12-4-2-3-11(12)14(17)18/h5-8,11-12H,2-4H2,1H3,(H,15,16)(H,17,18). The van der Waals surface area contributed by atoms with Crippen molar-refractivity contribution >= 4 is 29.3 Å². The molecule has 1 aromatic rings. The third kappa shape index (κ3) is 3.67. The molecule has 0 bridgehead atoms. The van der Waals surface area contributed by atoms with Gasteiger partial charge in [0.25, 0.3) is 0 Å². The molecular formula is C14H17NO3S. The minimum absolute atomic E-state index is 0.218. The molecule has 2 rings (SSSR count). The lowest BCUT2D eigenvalue weighted by atomic mass is 10.0. The van der Waals surface area contributed by atoms with Gasteiger partial charge in [-0.15, -0.1) is 11.3 Å². The van der Waals surface area contributed by atoms with Crippen molar-refractivity contribution in [2.75, 3.05) is 0 Å². The summed E-state index contributed by atoms with van der Waals surface area (Å²) < 4.78 is 0. The van der Waals surface area contributed by atoms with Crippen molar-refractivity contribution < 1.29 is 14.7 Å². The summed E-state index contributed by atoms with van der Waals surface area (Å²) in [7, 11) is 0. The zero-order chi connectivity index (χ0) is 13.8. The number of carbonyl (C=O) groups excluding carboxylic acids is 1. The lowest BCUT2D eigenvalue weighted by Gasteiger charge is -2.16. The van der Waals surface area contributed by atoms with Gasteiger partial charge in [0.05, 0.1) is 5.92 Å². The molecule has 102 valence electrons. The van der Waals surface area contributed by atoms with Gasteiger partial charge >= 0.3 is 5.97 Å². The van der Waals surface area contributed by atoms with Crippen LogP contribution in [0.4, 0.5) is 0 Å². The number of carboxylic acids is 1. The molecule has 0 saturated heterocycles. The van der Waals surface area contributed by atoms with Gasteiger partial charge in [0.15, 0.2) is 0 Å². The van der Waals surface area contributed by atoms with Crippen molar-refractivity contribution in [2.45, 2.75) is 32.2 Å². The number of thiophene rings is 1. The van der Waals surface area contributed by atoms with Gasteiger partial charge in [-0.25, -0.2) is 0 Å². The van der Waals surface area contributed by atoms with E-state index in [2.05, 4.69) is 5.32 Å². The number of amides is 1. The van der Waals surface area contributed by atoms with Crippen LogP contribution < -0.4 is 5.32 Å². The Kier molecular flexibility index (Phi) is 4.37. The Morgan fingerprint density at radius 3 is 2.84 bits per heavy atom. The van der Waals surface area contributed by atoms with Crippen LogP contribution in [0, 0.1) is 12.8 Å². The second kappa shape index (κ2) is 6.02. The summed E-state index contributed by atoms with van der Waals surface area (Å²) in [6, 6.07) is 3.72. The second-order valence-corrected chi connectivity index (χ2v) is 6.09. The van der Waals surface area contributed by atoms with Gasteiger partial charge in [-0.1, -0.05) is 6.42 Å². The summed E-state index contributed by atoms with van der Waals surface area (Å²) in [6.07, 6.45) is 5.48. The van der Waals surface area contributed by atoms with Gasteiger partial charge in [-0.2, -0.15) is 0 Å². The number of aliphatic carboxylic acids is 1. The topological polar surface area (TPSA) is 66.4 Å². The van der Waals surface area contributed by atoms with E-state index in [0.29, 0.717) is 6.42 Å². The van der Waals surface area contributed by atoms with Gasteiger partial charge in [-0.3, -0.25) is 9.59 Å². The molecule has 0 aromatic carbocycles. The molecule has 1 saturated carbocycles. The third-order valence-corrected chi connectivity index (χ3v) is 4.29. The van der Waals surface area contributed by atoms with Crippen molar-refractivity contribution in [1.29, 1.82) is 0 Å². The highest BCUT2D eigenvalue weighted by molar-refractivity contribution is 7.12. The Bertz CT molecular complexity index is 507. The number of hydrogen-bond donors (Lipinski definition) is 2. The average Bonchev–Trinajstić information content (AvgIpc) is 2.95. The third-order valence-electron chi connectivity index (χ3n) is 3.32. The Morgan fingerprint density at radius 2 is 2.21 bits per heavy atom. The van der Waals surface area contributed by atoms with E-state index in [4.69, 9.17) is 5.11 Å². The van der Waals surface area contributed by atoms with Crippen LogP contribution in [0.3, 0.4) is 0 Å². The van der Waals surface area contributed by atoms with E-state index in [-0.39, 0.29) is 11.9 Å². The van der Waals surface area contributed by atoms with E-state index >= 15 is 0 Å². The van der Waals surface area contributed by atoms with Crippen LogP contribution in [0.2, 0.25) is 0 Å². The van der Waals surface area contributed by atoms with E-state index in [1.54, 1.807) is 17.4 Å². The van der Waals surface area contributed by atoms with E-state index < -0.39 is 11.9 Å². The Labute approximate surface area is 116 Å². The normalized spacial score (nSPS) is 22.8. The SMILES string of the molecule is Cc1ccc(C=CC(=O)NC2CCCC2C(=O)O)s1. The summed E-state index contributed by atoms with van der Waals surface area (Å²) in [6.45, 7) is 2.01. The molecule has 2 atom stereocenters. The van der Waals surface area contributed by atoms with Crippen molar-refractivity contribution in [1.82, 2.24) is 5.32 Å². The quantitative estimate of drug-likeness (QED) is 0.832. The molecule has 19 heavy (non-hydrogen) atoms. The van der Waals surface area contributed by atoms with E-state index in [0.717, 1.165) is 17.7 Å². The van der Waals surface area contributed by atoms with Crippen molar-refractivity contribution in [2.24, 2.45) is 5.92 Å². The highest BCUT2D eigenvalue weighted by Crippen LogP contribution is 2.25. The van der Waals surface area contributed by atoms with Gasteiger partial charge in [-0.05, 0) is 38.0 Å². The smallest absolute Gasteiger partial charge is 0.308 e. The number of nitrogens with one attached hydrogen (secondary N) is 1. The van der Waals surface area contributed by atoms with Gasteiger partial charge in [0, 0.05) is 21.9 Å². The first-order chi connectivity index (χ1) is 9.06. The summed E-state index contributed by atoms with van der Waals surface area (Å²) in [5.41, 5.74) is 0. The van der Waals surface area contributed by atoms with Crippen molar-refractivity contribution in [3.8, 4) is 0 Å². The number of carboxylic acid groups (broad SMARTS) is 1. The number of rotatable bonds is 4. The minimum Gasteiger partial charge on any atom is -0.481 e. The fourth-order valence-electron chi connectivity index (χ4n) is 2.36. The zero-order valence-electron chi connectivity index (χ0n) is 10.8. The van der Waals surface area contributed by atoms with Gasteiger partial charge < -0.3 is 10.4 Å². The Morgan fingerprint density at radius 1 is 1.42 bits per heavy atom. The summed E-state index contributed by atoms with van der Waals surface area (Å²) in [4.78, 5) is 25.0. The molecule has 1 fully saturated rings. The van der Waals surface area contributed by atoms with Crippen molar-refractivity contribution in [3.63, 3.8) is 0 Å². The first kappa shape index (κ1) is 13.8. The van der Waals surface area contributed by atoms with E-state index in [9.17, 15) is 9.59 Å². The molecule has 1 aromatic heterocycles. The van der Waals surface area contributed by atoms with Crippen LogP contribution >= 0.6 is 11.3 Å². The average molecular weight is 279 g/mol. The second-order valence-electron chi connectivity index (χ2n) is 4.77. The summed E-state index contributed by atoms with van der Waals surface area (Å²) in [5, 5.41) is 11.8. The molecule has 2 N–H and O–H groups in total. The van der Waals surface area contributed by atoms with Crippen molar-refractivity contribution in [3.05, 3.63) is 28.0 Å². The maximum absolute atomic E-state index is 11.8. The fourth-order valence-corrected chi connectivity index (χ4v) is 3.14.